The molecule has 0 N–H and O–H groups in total. The third kappa shape index (κ3) is 1.20. The Morgan fingerprint density at radius 3 is 2.24 bits per heavy atom. The maximum absolute atomic E-state index is 2.25. The van der Waals surface area contributed by atoms with Crippen molar-refractivity contribution in [1.82, 2.24) is 0 Å². The largest absolute Gasteiger partial charge is 0.193 e. The van der Waals surface area contributed by atoms with Gasteiger partial charge in [0.15, 0.2) is 7.28 Å². The Hall–Kier alpha value is -2.02. The lowest BCUT2D eigenvalue weighted by atomic mass is 9.57. The first kappa shape index (κ1) is 9.06. The molecule has 3 aromatic carbocycles. The van der Waals surface area contributed by atoms with E-state index in [9.17, 15) is 0 Å². The van der Waals surface area contributed by atoms with E-state index in [1.54, 1.807) is 0 Å². The van der Waals surface area contributed by atoms with Gasteiger partial charge in [-0.05, 0) is 21.9 Å². The maximum Gasteiger partial charge on any atom is 0.193 e. The molecule has 0 nitrogen and oxygen atoms in total. The molecule has 0 saturated carbocycles. The van der Waals surface area contributed by atoms with Gasteiger partial charge in [0.05, 0.1) is 0 Å². The van der Waals surface area contributed by atoms with Gasteiger partial charge in [0.2, 0.25) is 0 Å². The van der Waals surface area contributed by atoms with Gasteiger partial charge in [0.1, 0.15) is 0 Å². The number of benzene rings is 3. The van der Waals surface area contributed by atoms with E-state index < -0.39 is 0 Å². The monoisotopic (exact) mass is 214 g/mol. The average Bonchev–Trinajstić information content (AvgIpc) is 2.39. The van der Waals surface area contributed by atoms with Crippen molar-refractivity contribution in [2.24, 2.45) is 0 Å². The van der Waals surface area contributed by atoms with Crippen LogP contribution >= 0.6 is 0 Å². The summed E-state index contributed by atoms with van der Waals surface area (Å²) in [5, 5.41) is 2.79. The van der Waals surface area contributed by atoms with Gasteiger partial charge >= 0.3 is 0 Å². The predicted octanol–water partition coefficient (Wildman–Crippen LogP) is 2.21. The van der Waals surface area contributed by atoms with E-state index in [4.69, 9.17) is 0 Å². The molecule has 0 bridgehead atoms. The Bertz CT molecular complexity index is 723. The van der Waals surface area contributed by atoms with E-state index in [1.165, 1.54) is 32.8 Å². The molecule has 0 unspecified atom stereocenters. The van der Waals surface area contributed by atoms with Crippen molar-refractivity contribution in [1.29, 1.82) is 0 Å². The molecule has 0 aromatic heterocycles. The van der Waals surface area contributed by atoms with Crippen molar-refractivity contribution >= 4 is 29.0 Å². The second-order valence-electron chi connectivity index (χ2n) is 4.65. The summed E-state index contributed by atoms with van der Waals surface area (Å²) in [6.07, 6.45) is 0. The lowest BCUT2D eigenvalue weighted by Gasteiger charge is -2.19. The van der Waals surface area contributed by atoms with E-state index in [-0.39, 0.29) is 0 Å². The van der Waals surface area contributed by atoms with Gasteiger partial charge in [-0.3, -0.25) is 0 Å². The molecule has 0 radical (unpaired) electrons. The molecule has 17 heavy (non-hydrogen) atoms. The first-order valence-corrected chi connectivity index (χ1v) is 6.02. The second-order valence-corrected chi connectivity index (χ2v) is 4.65. The second kappa shape index (κ2) is 3.24. The van der Waals surface area contributed by atoms with Gasteiger partial charge < -0.3 is 0 Å². The molecule has 3 aromatic rings. The third-order valence-corrected chi connectivity index (χ3v) is 3.68. The summed E-state index contributed by atoms with van der Waals surface area (Å²) in [4.78, 5) is 0. The highest BCUT2D eigenvalue weighted by Crippen LogP contribution is 2.28. The first-order chi connectivity index (χ1) is 8.43. The quantitative estimate of drug-likeness (QED) is 0.393. The van der Waals surface area contributed by atoms with Crippen molar-refractivity contribution in [2.75, 3.05) is 0 Å². The Labute approximate surface area is 101 Å². The van der Waals surface area contributed by atoms with Crippen molar-refractivity contribution in [3.05, 3.63) is 60.7 Å². The number of fused-ring (bicyclic) bond motifs is 2. The van der Waals surface area contributed by atoms with E-state index in [0.717, 1.165) is 7.28 Å². The summed E-state index contributed by atoms with van der Waals surface area (Å²) < 4.78 is 0. The van der Waals surface area contributed by atoms with Gasteiger partial charge in [-0.25, -0.2) is 0 Å². The summed E-state index contributed by atoms with van der Waals surface area (Å²) >= 11 is 0. The zero-order valence-corrected chi connectivity index (χ0v) is 9.48. The van der Waals surface area contributed by atoms with Crippen LogP contribution in [0.5, 0.6) is 0 Å². The molecule has 0 fully saturated rings. The minimum Gasteiger partial charge on any atom is -0.0708 e. The molecule has 78 valence electrons. The summed E-state index contributed by atoms with van der Waals surface area (Å²) in [5.41, 5.74) is 5.69. The molecule has 0 spiro atoms. The van der Waals surface area contributed by atoms with Crippen LogP contribution in [0.1, 0.15) is 0 Å². The minimum absolute atomic E-state index is 1.06. The Morgan fingerprint density at radius 2 is 1.29 bits per heavy atom. The van der Waals surface area contributed by atoms with Crippen molar-refractivity contribution in [3.8, 4) is 11.1 Å². The molecule has 0 saturated heterocycles. The van der Waals surface area contributed by atoms with E-state index in [2.05, 4.69) is 60.7 Å². The van der Waals surface area contributed by atoms with Gasteiger partial charge in [-0.15, -0.1) is 0 Å². The standard InChI is InChI=1S/C16H11B/c1-2-9-14-12(7-1)13-8-3-5-11-6-4-10-15(17-14)16(11)13/h1-10,17H. The number of hydrogen-bond acceptors (Lipinski definition) is 0. The van der Waals surface area contributed by atoms with Gasteiger partial charge in [-0.1, -0.05) is 71.6 Å². The lowest BCUT2D eigenvalue weighted by molar-refractivity contribution is 1.68. The molecule has 4 rings (SSSR count). The van der Waals surface area contributed by atoms with E-state index in [0.29, 0.717) is 0 Å². The van der Waals surface area contributed by atoms with Crippen LogP contribution in [0.2, 0.25) is 0 Å². The van der Waals surface area contributed by atoms with Crippen LogP contribution in [0, 0.1) is 0 Å². The molecule has 1 heteroatoms. The van der Waals surface area contributed by atoms with Crippen LogP contribution in [0.15, 0.2) is 60.7 Å². The van der Waals surface area contributed by atoms with Crippen LogP contribution in [-0.4, -0.2) is 7.28 Å². The zero-order chi connectivity index (χ0) is 11.2. The molecule has 0 aliphatic carbocycles. The highest BCUT2D eigenvalue weighted by atomic mass is 14.1. The average molecular weight is 214 g/mol. The highest BCUT2D eigenvalue weighted by molar-refractivity contribution is 6.73. The fraction of sp³-hybridized carbons (Fsp3) is 0. The molecule has 1 heterocycles. The normalized spacial score (nSPS) is 12.0. The van der Waals surface area contributed by atoms with Crippen LogP contribution in [0.25, 0.3) is 21.9 Å². The Kier molecular flexibility index (Phi) is 1.73. The summed E-state index contributed by atoms with van der Waals surface area (Å²) in [5.74, 6) is 0. The summed E-state index contributed by atoms with van der Waals surface area (Å²) in [6, 6.07) is 22.0. The maximum atomic E-state index is 2.25. The predicted molar refractivity (Wildman–Crippen MR) is 75.8 cm³/mol. The molecular formula is C16H11B. The van der Waals surface area contributed by atoms with Gasteiger partial charge in [0, 0.05) is 0 Å². The minimum atomic E-state index is 1.06. The fourth-order valence-corrected chi connectivity index (χ4v) is 2.93. The molecular weight excluding hydrogens is 203 g/mol. The van der Waals surface area contributed by atoms with Gasteiger partial charge in [0.25, 0.3) is 0 Å². The summed E-state index contributed by atoms with van der Waals surface area (Å²) in [6.45, 7) is 0. The molecule has 0 amide bonds. The Morgan fingerprint density at radius 1 is 0.588 bits per heavy atom. The number of hydrogen-bond donors (Lipinski definition) is 0. The third-order valence-electron chi connectivity index (χ3n) is 3.68. The van der Waals surface area contributed by atoms with Crippen LogP contribution in [0.3, 0.4) is 0 Å². The molecule has 1 aliphatic rings. The number of rotatable bonds is 0. The fourth-order valence-electron chi connectivity index (χ4n) is 2.93. The smallest absolute Gasteiger partial charge is 0.0708 e. The van der Waals surface area contributed by atoms with E-state index in [1.807, 2.05) is 0 Å². The van der Waals surface area contributed by atoms with E-state index >= 15 is 0 Å². The van der Waals surface area contributed by atoms with Crippen molar-refractivity contribution < 1.29 is 0 Å². The topological polar surface area (TPSA) is 0 Å². The van der Waals surface area contributed by atoms with Crippen molar-refractivity contribution in [2.45, 2.75) is 0 Å². The van der Waals surface area contributed by atoms with Crippen LogP contribution < -0.4 is 10.9 Å². The highest BCUT2D eigenvalue weighted by Gasteiger charge is 2.17. The van der Waals surface area contributed by atoms with Crippen LogP contribution in [0.4, 0.5) is 0 Å². The Balaban J connectivity index is 2.22. The SMILES string of the molecule is B1c2ccccc2-c2cccc3cccc1c23. The molecule has 1 aliphatic heterocycles. The lowest BCUT2D eigenvalue weighted by Crippen LogP contribution is -2.32. The van der Waals surface area contributed by atoms with Crippen molar-refractivity contribution in [3.63, 3.8) is 0 Å². The zero-order valence-electron chi connectivity index (χ0n) is 9.48. The van der Waals surface area contributed by atoms with Gasteiger partial charge in [-0.2, -0.15) is 0 Å². The first-order valence-electron chi connectivity index (χ1n) is 6.02. The summed E-state index contributed by atoms with van der Waals surface area (Å²) in [7, 11) is 1.06. The van der Waals surface area contributed by atoms with Crippen LogP contribution in [-0.2, 0) is 0 Å². The molecule has 0 atom stereocenters.